The maximum absolute atomic E-state index is 5.49. The van der Waals surface area contributed by atoms with Crippen molar-refractivity contribution in [2.75, 3.05) is 37.8 Å². The first-order valence-electron chi connectivity index (χ1n) is 5.65. The topological polar surface area (TPSA) is 21.3 Å². The normalized spacial score (nSPS) is 22.1. The van der Waals surface area contributed by atoms with E-state index in [-0.39, 0.29) is 0 Å². The summed E-state index contributed by atoms with van der Waals surface area (Å²) in [5, 5.41) is 3.46. The Bertz CT molecular complexity index is 135. The second-order valence-corrected chi connectivity index (χ2v) is 5.55. The molecule has 1 aliphatic heterocycles. The van der Waals surface area contributed by atoms with E-state index in [2.05, 4.69) is 30.9 Å². The molecule has 0 aromatic heterocycles. The predicted molar refractivity (Wildman–Crippen MR) is 64.0 cm³/mol. The molecular weight excluding hydrogens is 194 g/mol. The Morgan fingerprint density at radius 1 is 1.50 bits per heavy atom. The van der Waals surface area contributed by atoms with Gasteiger partial charge in [-0.3, -0.25) is 0 Å². The van der Waals surface area contributed by atoms with Crippen LogP contribution in [0.25, 0.3) is 0 Å². The molecule has 0 amide bonds. The van der Waals surface area contributed by atoms with E-state index in [1.54, 1.807) is 0 Å². The molecule has 0 saturated carbocycles. The summed E-state index contributed by atoms with van der Waals surface area (Å²) in [6.07, 6.45) is 1.39. The Morgan fingerprint density at radius 2 is 2.36 bits per heavy atom. The van der Waals surface area contributed by atoms with Gasteiger partial charge < -0.3 is 10.1 Å². The van der Waals surface area contributed by atoms with E-state index in [0.717, 1.165) is 25.7 Å². The molecule has 0 aliphatic carbocycles. The summed E-state index contributed by atoms with van der Waals surface area (Å²) in [5.41, 5.74) is 0. The number of ether oxygens (including phenoxy) is 1. The van der Waals surface area contributed by atoms with Crippen molar-refractivity contribution in [1.82, 2.24) is 5.32 Å². The molecule has 3 heteroatoms. The Morgan fingerprint density at radius 3 is 3.00 bits per heavy atom. The standard InChI is InChI=1S/C11H23NOS/c1-10(2)8-13-5-4-12-7-11-3-6-14-9-11/h10-12H,3-9H2,1-2H3. The first kappa shape index (κ1) is 12.3. The molecule has 84 valence electrons. The van der Waals surface area contributed by atoms with Crippen molar-refractivity contribution < 1.29 is 4.74 Å². The fraction of sp³-hybridized carbons (Fsp3) is 1.00. The van der Waals surface area contributed by atoms with E-state index >= 15 is 0 Å². The summed E-state index contributed by atoms with van der Waals surface area (Å²) in [5.74, 6) is 4.27. The molecule has 1 unspecified atom stereocenters. The second kappa shape index (κ2) is 7.55. The predicted octanol–water partition coefficient (Wildman–Crippen LogP) is 2.00. The lowest BCUT2D eigenvalue weighted by atomic mass is 10.1. The summed E-state index contributed by atoms with van der Waals surface area (Å²) in [4.78, 5) is 0. The van der Waals surface area contributed by atoms with Gasteiger partial charge in [-0.2, -0.15) is 11.8 Å². The number of nitrogens with one attached hydrogen (secondary N) is 1. The van der Waals surface area contributed by atoms with Crippen LogP contribution in [0.1, 0.15) is 20.3 Å². The monoisotopic (exact) mass is 217 g/mol. The molecule has 1 atom stereocenters. The minimum absolute atomic E-state index is 0.654. The van der Waals surface area contributed by atoms with Gasteiger partial charge in [-0.15, -0.1) is 0 Å². The first-order chi connectivity index (χ1) is 6.79. The molecule has 1 fully saturated rings. The number of rotatable bonds is 7. The fourth-order valence-corrected chi connectivity index (χ4v) is 2.80. The van der Waals surface area contributed by atoms with Gasteiger partial charge in [-0.25, -0.2) is 0 Å². The van der Waals surface area contributed by atoms with E-state index in [0.29, 0.717) is 5.92 Å². The maximum atomic E-state index is 5.49. The van der Waals surface area contributed by atoms with Gasteiger partial charge in [0, 0.05) is 13.2 Å². The Hall–Kier alpha value is 0.270. The molecule has 0 radical (unpaired) electrons. The largest absolute Gasteiger partial charge is 0.380 e. The zero-order valence-electron chi connectivity index (χ0n) is 9.42. The number of hydrogen-bond donors (Lipinski definition) is 1. The zero-order valence-corrected chi connectivity index (χ0v) is 10.2. The van der Waals surface area contributed by atoms with Crippen molar-refractivity contribution in [2.45, 2.75) is 20.3 Å². The van der Waals surface area contributed by atoms with Crippen LogP contribution >= 0.6 is 11.8 Å². The van der Waals surface area contributed by atoms with Crippen LogP contribution in [0, 0.1) is 11.8 Å². The highest BCUT2D eigenvalue weighted by Crippen LogP contribution is 2.22. The molecule has 0 aromatic rings. The van der Waals surface area contributed by atoms with Crippen molar-refractivity contribution in [1.29, 1.82) is 0 Å². The van der Waals surface area contributed by atoms with Crippen LogP contribution in [0.15, 0.2) is 0 Å². The molecule has 0 aromatic carbocycles. The Balaban J connectivity index is 1.79. The summed E-state index contributed by atoms with van der Waals surface area (Å²) in [6, 6.07) is 0. The van der Waals surface area contributed by atoms with E-state index in [1.165, 1.54) is 24.5 Å². The maximum Gasteiger partial charge on any atom is 0.0591 e. The van der Waals surface area contributed by atoms with Crippen molar-refractivity contribution >= 4 is 11.8 Å². The van der Waals surface area contributed by atoms with E-state index in [4.69, 9.17) is 4.74 Å². The van der Waals surface area contributed by atoms with Crippen LogP contribution in [0.5, 0.6) is 0 Å². The summed E-state index contributed by atoms with van der Waals surface area (Å²) in [6.45, 7) is 8.30. The average Bonchev–Trinajstić information content (AvgIpc) is 2.63. The van der Waals surface area contributed by atoms with Crippen molar-refractivity contribution in [2.24, 2.45) is 11.8 Å². The van der Waals surface area contributed by atoms with Gasteiger partial charge in [0.1, 0.15) is 0 Å². The van der Waals surface area contributed by atoms with Crippen LogP contribution in [-0.4, -0.2) is 37.8 Å². The highest BCUT2D eigenvalue weighted by molar-refractivity contribution is 7.99. The third-order valence-electron chi connectivity index (χ3n) is 2.33. The third-order valence-corrected chi connectivity index (χ3v) is 3.56. The van der Waals surface area contributed by atoms with E-state index in [1.807, 2.05) is 0 Å². The molecule has 1 saturated heterocycles. The molecule has 1 rings (SSSR count). The van der Waals surface area contributed by atoms with Crippen LogP contribution in [0.2, 0.25) is 0 Å². The Labute approximate surface area is 92.2 Å². The van der Waals surface area contributed by atoms with Gasteiger partial charge in [0.2, 0.25) is 0 Å². The molecule has 0 spiro atoms. The van der Waals surface area contributed by atoms with Gasteiger partial charge in [-0.05, 0) is 36.3 Å². The molecule has 0 bridgehead atoms. The van der Waals surface area contributed by atoms with Crippen LogP contribution in [-0.2, 0) is 4.74 Å². The number of hydrogen-bond acceptors (Lipinski definition) is 3. The molecule has 1 N–H and O–H groups in total. The van der Waals surface area contributed by atoms with Crippen LogP contribution in [0.3, 0.4) is 0 Å². The molecule has 14 heavy (non-hydrogen) atoms. The van der Waals surface area contributed by atoms with E-state index in [9.17, 15) is 0 Å². The van der Waals surface area contributed by atoms with Gasteiger partial charge in [0.25, 0.3) is 0 Å². The summed E-state index contributed by atoms with van der Waals surface area (Å²) < 4.78 is 5.49. The van der Waals surface area contributed by atoms with Crippen LogP contribution in [0.4, 0.5) is 0 Å². The Kier molecular flexibility index (Phi) is 6.65. The quantitative estimate of drug-likeness (QED) is 0.659. The highest BCUT2D eigenvalue weighted by Gasteiger charge is 2.14. The second-order valence-electron chi connectivity index (χ2n) is 4.40. The molecule has 2 nitrogen and oxygen atoms in total. The molecule has 1 aliphatic rings. The van der Waals surface area contributed by atoms with E-state index < -0.39 is 0 Å². The summed E-state index contributed by atoms with van der Waals surface area (Å²) >= 11 is 2.08. The van der Waals surface area contributed by atoms with Crippen LogP contribution < -0.4 is 5.32 Å². The lowest BCUT2D eigenvalue weighted by Gasteiger charge is -2.10. The fourth-order valence-electron chi connectivity index (χ4n) is 1.51. The molecular formula is C11H23NOS. The van der Waals surface area contributed by atoms with Gasteiger partial charge in [0.05, 0.1) is 6.61 Å². The first-order valence-corrected chi connectivity index (χ1v) is 6.80. The lowest BCUT2D eigenvalue weighted by Crippen LogP contribution is -2.26. The van der Waals surface area contributed by atoms with Crippen molar-refractivity contribution in [3.63, 3.8) is 0 Å². The highest BCUT2D eigenvalue weighted by atomic mass is 32.2. The average molecular weight is 217 g/mol. The smallest absolute Gasteiger partial charge is 0.0591 e. The number of thioether (sulfide) groups is 1. The van der Waals surface area contributed by atoms with Gasteiger partial charge in [-0.1, -0.05) is 13.8 Å². The van der Waals surface area contributed by atoms with Crippen molar-refractivity contribution in [3.8, 4) is 0 Å². The summed E-state index contributed by atoms with van der Waals surface area (Å²) in [7, 11) is 0. The lowest BCUT2D eigenvalue weighted by molar-refractivity contribution is 0.111. The van der Waals surface area contributed by atoms with Crippen molar-refractivity contribution in [3.05, 3.63) is 0 Å². The van der Waals surface area contributed by atoms with Gasteiger partial charge in [0.15, 0.2) is 0 Å². The minimum atomic E-state index is 0.654. The minimum Gasteiger partial charge on any atom is -0.380 e. The zero-order chi connectivity index (χ0) is 10.2. The SMILES string of the molecule is CC(C)COCCNCC1CCSC1. The van der Waals surface area contributed by atoms with Gasteiger partial charge >= 0.3 is 0 Å². The molecule has 1 heterocycles. The third kappa shape index (κ3) is 5.89.